The summed E-state index contributed by atoms with van der Waals surface area (Å²) in [5, 5.41) is 11.8. The van der Waals surface area contributed by atoms with E-state index in [1.165, 1.54) is 11.8 Å². The summed E-state index contributed by atoms with van der Waals surface area (Å²) < 4.78 is 5.27. The molecular formula is C15H17N5OS. The van der Waals surface area contributed by atoms with Gasteiger partial charge in [-0.1, -0.05) is 61.1 Å². The van der Waals surface area contributed by atoms with Crippen LogP contribution >= 0.6 is 11.8 Å². The maximum Gasteiger partial charge on any atom is 0.237 e. The van der Waals surface area contributed by atoms with Gasteiger partial charge in [0.15, 0.2) is 5.82 Å². The van der Waals surface area contributed by atoms with Crippen LogP contribution in [0.25, 0.3) is 0 Å². The first kappa shape index (κ1) is 14.8. The molecule has 0 bridgehead atoms. The number of aromatic nitrogens is 5. The largest absolute Gasteiger partial charge is 0.338 e. The molecule has 0 aliphatic rings. The van der Waals surface area contributed by atoms with Gasteiger partial charge in [0, 0.05) is 12.3 Å². The molecule has 0 amide bonds. The predicted molar refractivity (Wildman–Crippen MR) is 83.6 cm³/mol. The van der Waals surface area contributed by atoms with Gasteiger partial charge < -0.3 is 4.52 Å². The van der Waals surface area contributed by atoms with Crippen molar-refractivity contribution in [3.05, 3.63) is 53.4 Å². The van der Waals surface area contributed by atoms with Gasteiger partial charge in [0.1, 0.15) is 5.82 Å². The van der Waals surface area contributed by atoms with Gasteiger partial charge in [-0.05, 0) is 5.56 Å². The second-order valence-corrected chi connectivity index (χ2v) is 6.16. The molecule has 22 heavy (non-hydrogen) atoms. The van der Waals surface area contributed by atoms with Gasteiger partial charge in [-0.15, -0.1) is 5.10 Å². The summed E-state index contributed by atoms with van der Waals surface area (Å²) in [6.07, 6.45) is 0.674. The van der Waals surface area contributed by atoms with E-state index in [0.717, 1.165) is 11.4 Å². The Balaban J connectivity index is 1.57. The predicted octanol–water partition coefficient (Wildman–Crippen LogP) is 3.19. The van der Waals surface area contributed by atoms with Crippen LogP contribution < -0.4 is 0 Å². The summed E-state index contributed by atoms with van der Waals surface area (Å²) in [4.78, 5) is 8.80. The minimum atomic E-state index is 0.336. The van der Waals surface area contributed by atoms with Crippen LogP contribution in [0.1, 0.15) is 42.9 Å². The Bertz CT molecular complexity index is 722. The van der Waals surface area contributed by atoms with Crippen LogP contribution in [-0.4, -0.2) is 25.3 Å². The van der Waals surface area contributed by atoms with Crippen LogP contribution in [0.15, 0.2) is 40.0 Å². The standard InChI is InChI=1S/C15H17N5OS/c1-10(2)14-17-15(19-18-14)22-9-13-16-12(20-21-13)8-11-6-4-3-5-7-11/h3-7,10H,8-9H2,1-2H3,(H,17,18,19). The molecule has 0 fully saturated rings. The highest BCUT2D eigenvalue weighted by Crippen LogP contribution is 2.20. The number of rotatable bonds is 6. The lowest BCUT2D eigenvalue weighted by atomic mass is 10.1. The summed E-state index contributed by atoms with van der Waals surface area (Å²) in [7, 11) is 0. The third-order valence-corrected chi connectivity index (χ3v) is 3.90. The fraction of sp³-hybridized carbons (Fsp3) is 0.333. The van der Waals surface area contributed by atoms with E-state index < -0.39 is 0 Å². The Labute approximate surface area is 132 Å². The summed E-state index contributed by atoms with van der Waals surface area (Å²) in [5.74, 6) is 3.07. The van der Waals surface area contributed by atoms with Crippen molar-refractivity contribution < 1.29 is 4.52 Å². The molecule has 0 aliphatic heterocycles. The minimum absolute atomic E-state index is 0.336. The quantitative estimate of drug-likeness (QED) is 0.704. The molecule has 0 unspecified atom stereocenters. The van der Waals surface area contributed by atoms with Crippen LogP contribution in [0.3, 0.4) is 0 Å². The van der Waals surface area contributed by atoms with E-state index in [0.29, 0.717) is 35.0 Å². The number of hydrogen-bond donors (Lipinski definition) is 1. The highest BCUT2D eigenvalue weighted by molar-refractivity contribution is 7.98. The van der Waals surface area contributed by atoms with Gasteiger partial charge in [0.25, 0.3) is 0 Å². The number of nitrogens with zero attached hydrogens (tertiary/aromatic N) is 4. The molecule has 0 spiro atoms. The van der Waals surface area contributed by atoms with Crippen LogP contribution in [0.4, 0.5) is 0 Å². The highest BCUT2D eigenvalue weighted by Gasteiger charge is 2.11. The van der Waals surface area contributed by atoms with Crippen molar-refractivity contribution in [3.8, 4) is 0 Å². The van der Waals surface area contributed by atoms with Crippen molar-refractivity contribution >= 4 is 11.8 Å². The van der Waals surface area contributed by atoms with Gasteiger partial charge in [-0.3, -0.25) is 5.10 Å². The maximum atomic E-state index is 5.27. The molecule has 0 saturated carbocycles. The lowest BCUT2D eigenvalue weighted by molar-refractivity contribution is 0.385. The Hall–Kier alpha value is -2.15. The molecule has 0 aliphatic carbocycles. The summed E-state index contributed by atoms with van der Waals surface area (Å²) in [5.41, 5.74) is 1.16. The maximum absolute atomic E-state index is 5.27. The van der Waals surface area contributed by atoms with E-state index in [-0.39, 0.29) is 0 Å². The van der Waals surface area contributed by atoms with Gasteiger partial charge in [-0.2, -0.15) is 4.98 Å². The fourth-order valence-electron chi connectivity index (χ4n) is 1.91. The molecule has 2 heterocycles. The molecule has 0 atom stereocenters. The zero-order chi connectivity index (χ0) is 15.4. The zero-order valence-corrected chi connectivity index (χ0v) is 13.3. The van der Waals surface area contributed by atoms with Crippen molar-refractivity contribution in [2.24, 2.45) is 0 Å². The molecule has 3 rings (SSSR count). The summed E-state index contributed by atoms with van der Waals surface area (Å²) in [6, 6.07) is 10.1. The lowest BCUT2D eigenvalue weighted by Gasteiger charge is -1.95. The van der Waals surface area contributed by atoms with E-state index in [9.17, 15) is 0 Å². The Kier molecular flexibility index (Phi) is 4.53. The normalized spacial score (nSPS) is 11.2. The number of aromatic amines is 1. The van der Waals surface area contributed by atoms with Crippen molar-refractivity contribution in [1.82, 2.24) is 25.3 Å². The molecule has 3 aromatic rings. The van der Waals surface area contributed by atoms with E-state index in [2.05, 4.69) is 39.2 Å². The van der Waals surface area contributed by atoms with Crippen molar-refractivity contribution in [2.45, 2.75) is 37.1 Å². The smallest absolute Gasteiger partial charge is 0.237 e. The molecule has 0 saturated heterocycles. The Morgan fingerprint density at radius 2 is 2.00 bits per heavy atom. The van der Waals surface area contributed by atoms with Gasteiger partial charge in [0.2, 0.25) is 11.0 Å². The van der Waals surface area contributed by atoms with Crippen molar-refractivity contribution in [2.75, 3.05) is 0 Å². The van der Waals surface area contributed by atoms with E-state index in [4.69, 9.17) is 4.52 Å². The SMILES string of the molecule is CC(C)c1nc(SCc2nc(Cc3ccccc3)no2)n[nH]1. The van der Waals surface area contributed by atoms with E-state index in [1.807, 2.05) is 30.3 Å². The molecule has 0 radical (unpaired) electrons. The average Bonchev–Trinajstić information content (AvgIpc) is 3.15. The molecule has 6 nitrogen and oxygen atoms in total. The third kappa shape index (κ3) is 3.73. The van der Waals surface area contributed by atoms with E-state index >= 15 is 0 Å². The van der Waals surface area contributed by atoms with Crippen molar-refractivity contribution in [3.63, 3.8) is 0 Å². The molecule has 114 valence electrons. The van der Waals surface area contributed by atoms with Gasteiger partial charge in [-0.25, -0.2) is 4.98 Å². The second-order valence-electron chi connectivity index (χ2n) is 5.21. The summed E-state index contributed by atoms with van der Waals surface area (Å²) >= 11 is 1.48. The number of thioether (sulfide) groups is 1. The van der Waals surface area contributed by atoms with Gasteiger partial charge >= 0.3 is 0 Å². The highest BCUT2D eigenvalue weighted by atomic mass is 32.2. The Morgan fingerprint density at radius 1 is 1.18 bits per heavy atom. The monoisotopic (exact) mass is 315 g/mol. The molecule has 2 aromatic heterocycles. The number of benzene rings is 1. The van der Waals surface area contributed by atoms with E-state index in [1.54, 1.807) is 0 Å². The number of hydrogen-bond acceptors (Lipinski definition) is 6. The summed E-state index contributed by atoms with van der Waals surface area (Å²) in [6.45, 7) is 4.14. The first-order valence-electron chi connectivity index (χ1n) is 7.11. The molecule has 7 heteroatoms. The van der Waals surface area contributed by atoms with Crippen LogP contribution in [0, 0.1) is 0 Å². The average molecular weight is 315 g/mol. The van der Waals surface area contributed by atoms with Crippen LogP contribution in [-0.2, 0) is 12.2 Å². The molecule has 1 aromatic carbocycles. The number of nitrogens with one attached hydrogen (secondary N) is 1. The van der Waals surface area contributed by atoms with Gasteiger partial charge in [0.05, 0.1) is 5.75 Å². The third-order valence-electron chi connectivity index (χ3n) is 3.07. The zero-order valence-electron chi connectivity index (χ0n) is 12.5. The van der Waals surface area contributed by atoms with Crippen LogP contribution in [0.2, 0.25) is 0 Å². The topological polar surface area (TPSA) is 80.5 Å². The lowest BCUT2D eigenvalue weighted by Crippen LogP contribution is -1.91. The van der Waals surface area contributed by atoms with Crippen molar-refractivity contribution in [1.29, 1.82) is 0 Å². The fourth-order valence-corrected chi connectivity index (χ4v) is 2.55. The minimum Gasteiger partial charge on any atom is -0.338 e. The van der Waals surface area contributed by atoms with Crippen LogP contribution in [0.5, 0.6) is 0 Å². The second kappa shape index (κ2) is 6.74. The Morgan fingerprint density at radius 3 is 2.73 bits per heavy atom. The number of H-pyrrole nitrogens is 1. The molecule has 1 N–H and O–H groups in total. The first-order valence-corrected chi connectivity index (χ1v) is 8.10. The first-order chi connectivity index (χ1) is 10.7. The molecular weight excluding hydrogens is 298 g/mol.